The van der Waals surface area contributed by atoms with Gasteiger partial charge in [0.25, 0.3) is 0 Å². The van der Waals surface area contributed by atoms with Gasteiger partial charge in [0.2, 0.25) is 0 Å². The topological polar surface area (TPSA) is 34.1 Å². The van der Waals surface area contributed by atoms with Crippen LogP contribution in [0.2, 0.25) is 0 Å². The molecular formula is C20H18O2. The number of rotatable bonds is 2. The fraction of sp³-hybridized carbons (Fsp3) is 0.200. The second-order valence-electron chi connectivity index (χ2n) is 5.88. The highest BCUT2D eigenvalue weighted by atomic mass is 16.1. The minimum Gasteiger partial charge on any atom is -0.295 e. The van der Waals surface area contributed by atoms with Gasteiger partial charge in [-0.15, -0.1) is 0 Å². The Bertz CT molecular complexity index is 870. The molecule has 0 saturated carbocycles. The van der Waals surface area contributed by atoms with Crippen LogP contribution in [0.1, 0.15) is 45.7 Å². The van der Waals surface area contributed by atoms with Gasteiger partial charge in [-0.05, 0) is 72.5 Å². The Balaban J connectivity index is 2.46. The third-order valence-corrected chi connectivity index (χ3v) is 4.51. The van der Waals surface area contributed by atoms with E-state index in [2.05, 4.69) is 13.8 Å². The Morgan fingerprint density at radius 2 is 1.00 bits per heavy atom. The van der Waals surface area contributed by atoms with Crippen molar-refractivity contribution in [1.29, 1.82) is 0 Å². The Labute approximate surface area is 129 Å². The van der Waals surface area contributed by atoms with Gasteiger partial charge in [-0.2, -0.15) is 0 Å². The fourth-order valence-electron chi connectivity index (χ4n) is 3.02. The average molecular weight is 290 g/mol. The zero-order valence-electron chi connectivity index (χ0n) is 13.3. The molecule has 0 spiro atoms. The third kappa shape index (κ3) is 2.12. The van der Waals surface area contributed by atoms with Crippen molar-refractivity contribution < 1.29 is 9.59 Å². The van der Waals surface area contributed by atoms with Crippen LogP contribution in [0.3, 0.4) is 0 Å². The molecule has 0 aromatic heterocycles. The van der Waals surface area contributed by atoms with E-state index in [9.17, 15) is 9.59 Å². The standard InChI is InChI=1S/C20H18O2/c1-11-12(2)20-10-16(14(4)22)6-8-18(20)17-7-5-15(13(3)21)9-19(11)17/h5-10H,1-4H3. The first-order valence-corrected chi connectivity index (χ1v) is 7.38. The van der Waals surface area contributed by atoms with Crippen molar-refractivity contribution in [3.8, 4) is 0 Å². The average Bonchev–Trinajstić information content (AvgIpc) is 2.51. The monoisotopic (exact) mass is 290 g/mol. The molecule has 0 unspecified atom stereocenters. The lowest BCUT2D eigenvalue weighted by molar-refractivity contribution is 0.100. The zero-order valence-corrected chi connectivity index (χ0v) is 13.3. The first-order valence-electron chi connectivity index (χ1n) is 7.38. The summed E-state index contributed by atoms with van der Waals surface area (Å²) in [5.74, 6) is 0.150. The molecule has 3 rings (SSSR count). The lowest BCUT2D eigenvalue weighted by atomic mass is 9.90. The molecule has 2 nitrogen and oxygen atoms in total. The molecule has 110 valence electrons. The largest absolute Gasteiger partial charge is 0.295 e. The molecular weight excluding hydrogens is 272 g/mol. The predicted octanol–water partition coefficient (Wildman–Crippen LogP) is 5.02. The van der Waals surface area contributed by atoms with E-state index in [0.29, 0.717) is 0 Å². The summed E-state index contributed by atoms with van der Waals surface area (Å²) in [5.41, 5.74) is 3.78. The van der Waals surface area contributed by atoms with Crippen molar-refractivity contribution in [3.63, 3.8) is 0 Å². The fourth-order valence-corrected chi connectivity index (χ4v) is 3.02. The molecule has 0 aliphatic heterocycles. The number of ketones is 2. The van der Waals surface area contributed by atoms with Crippen molar-refractivity contribution in [2.75, 3.05) is 0 Å². The number of carbonyl (C=O) groups excluding carboxylic acids is 2. The number of hydrogen-bond donors (Lipinski definition) is 0. The van der Waals surface area contributed by atoms with Crippen LogP contribution in [-0.4, -0.2) is 11.6 Å². The van der Waals surface area contributed by atoms with Gasteiger partial charge in [0.15, 0.2) is 11.6 Å². The Morgan fingerprint density at radius 3 is 1.32 bits per heavy atom. The zero-order chi connectivity index (χ0) is 16.0. The second kappa shape index (κ2) is 5.06. The Kier molecular flexibility index (Phi) is 3.32. The summed E-state index contributed by atoms with van der Waals surface area (Å²) in [6.45, 7) is 7.32. The number of aryl methyl sites for hydroxylation is 2. The van der Waals surface area contributed by atoms with Gasteiger partial charge < -0.3 is 0 Å². The minimum absolute atomic E-state index is 0.0750. The van der Waals surface area contributed by atoms with Gasteiger partial charge in [-0.3, -0.25) is 9.59 Å². The van der Waals surface area contributed by atoms with Gasteiger partial charge in [0, 0.05) is 11.1 Å². The van der Waals surface area contributed by atoms with Crippen molar-refractivity contribution in [1.82, 2.24) is 0 Å². The molecule has 0 atom stereocenters. The first kappa shape index (κ1) is 14.5. The van der Waals surface area contributed by atoms with E-state index < -0.39 is 0 Å². The molecule has 22 heavy (non-hydrogen) atoms. The highest BCUT2D eigenvalue weighted by molar-refractivity contribution is 6.13. The summed E-state index contributed by atoms with van der Waals surface area (Å²) in [4.78, 5) is 23.3. The molecule has 3 aromatic rings. The predicted molar refractivity (Wildman–Crippen MR) is 90.9 cm³/mol. The molecule has 0 aliphatic rings. The highest BCUT2D eigenvalue weighted by Crippen LogP contribution is 2.33. The van der Waals surface area contributed by atoms with Crippen molar-refractivity contribution in [2.24, 2.45) is 0 Å². The van der Waals surface area contributed by atoms with Crippen molar-refractivity contribution >= 4 is 33.1 Å². The Morgan fingerprint density at radius 1 is 0.636 bits per heavy atom. The number of Topliss-reactive ketones (excluding diaryl/α,β-unsaturated/α-hetero) is 2. The van der Waals surface area contributed by atoms with E-state index >= 15 is 0 Å². The van der Waals surface area contributed by atoms with E-state index in [1.165, 1.54) is 0 Å². The van der Waals surface area contributed by atoms with Crippen LogP contribution in [0, 0.1) is 13.8 Å². The normalized spacial score (nSPS) is 11.1. The van der Waals surface area contributed by atoms with E-state index in [-0.39, 0.29) is 11.6 Å². The van der Waals surface area contributed by atoms with Crippen LogP contribution in [0.15, 0.2) is 36.4 Å². The van der Waals surface area contributed by atoms with Crippen LogP contribution >= 0.6 is 0 Å². The lowest BCUT2D eigenvalue weighted by Crippen LogP contribution is -1.96. The molecule has 0 aliphatic carbocycles. The summed E-state index contributed by atoms with van der Waals surface area (Å²) in [7, 11) is 0. The second-order valence-corrected chi connectivity index (χ2v) is 5.88. The smallest absolute Gasteiger partial charge is 0.159 e. The first-order chi connectivity index (χ1) is 10.4. The minimum atomic E-state index is 0.0750. The van der Waals surface area contributed by atoms with Gasteiger partial charge >= 0.3 is 0 Å². The van der Waals surface area contributed by atoms with E-state index in [1.54, 1.807) is 13.8 Å². The maximum atomic E-state index is 11.6. The molecule has 0 amide bonds. The van der Waals surface area contributed by atoms with Crippen LogP contribution < -0.4 is 0 Å². The van der Waals surface area contributed by atoms with Gasteiger partial charge in [-0.25, -0.2) is 0 Å². The summed E-state index contributed by atoms with van der Waals surface area (Å²) < 4.78 is 0. The van der Waals surface area contributed by atoms with Gasteiger partial charge in [-0.1, -0.05) is 24.3 Å². The summed E-state index contributed by atoms with van der Waals surface area (Å²) in [5, 5.41) is 4.46. The SMILES string of the molecule is CC(=O)c1ccc2c(c1)c(C)c(C)c1cc(C(C)=O)ccc12. The quantitative estimate of drug-likeness (QED) is 0.491. The number of carbonyl (C=O) groups is 2. The third-order valence-electron chi connectivity index (χ3n) is 4.51. The summed E-state index contributed by atoms with van der Waals surface area (Å²) in [6, 6.07) is 11.7. The molecule has 2 heteroatoms. The van der Waals surface area contributed by atoms with Crippen LogP contribution in [0.25, 0.3) is 21.5 Å². The van der Waals surface area contributed by atoms with Gasteiger partial charge in [0.05, 0.1) is 0 Å². The number of hydrogen-bond acceptors (Lipinski definition) is 2. The maximum absolute atomic E-state index is 11.6. The number of benzene rings is 3. The maximum Gasteiger partial charge on any atom is 0.159 e. The lowest BCUT2D eigenvalue weighted by Gasteiger charge is -2.13. The molecule has 0 heterocycles. The van der Waals surface area contributed by atoms with Crippen LogP contribution in [0.5, 0.6) is 0 Å². The molecule has 0 N–H and O–H groups in total. The van der Waals surface area contributed by atoms with Crippen LogP contribution in [-0.2, 0) is 0 Å². The van der Waals surface area contributed by atoms with E-state index in [4.69, 9.17) is 0 Å². The van der Waals surface area contributed by atoms with E-state index in [0.717, 1.165) is 43.8 Å². The van der Waals surface area contributed by atoms with Gasteiger partial charge in [0.1, 0.15) is 0 Å². The molecule has 0 radical (unpaired) electrons. The number of fused-ring (bicyclic) bond motifs is 3. The van der Waals surface area contributed by atoms with Crippen molar-refractivity contribution in [3.05, 3.63) is 58.7 Å². The Hall–Kier alpha value is -2.48. The van der Waals surface area contributed by atoms with Crippen molar-refractivity contribution in [2.45, 2.75) is 27.7 Å². The highest BCUT2D eigenvalue weighted by Gasteiger charge is 2.12. The van der Waals surface area contributed by atoms with Crippen LogP contribution in [0.4, 0.5) is 0 Å². The van der Waals surface area contributed by atoms with E-state index in [1.807, 2.05) is 36.4 Å². The summed E-state index contributed by atoms with van der Waals surface area (Å²) >= 11 is 0. The molecule has 0 bridgehead atoms. The molecule has 0 fully saturated rings. The summed E-state index contributed by atoms with van der Waals surface area (Å²) in [6.07, 6.45) is 0. The molecule has 0 saturated heterocycles. The molecule has 3 aromatic carbocycles.